The number of nitrogens with one attached hydrogen (secondary N) is 1. The third-order valence-corrected chi connectivity index (χ3v) is 4.48. The van der Waals surface area contributed by atoms with Gasteiger partial charge in [-0.05, 0) is 53.4 Å². The maximum absolute atomic E-state index is 5.62. The second-order valence-electron chi connectivity index (χ2n) is 7.00. The molecule has 0 amide bonds. The average Bonchev–Trinajstić information content (AvgIpc) is 3.07. The normalized spacial score (nSPS) is 17.8. The molecule has 1 aromatic heterocycles. The monoisotopic (exact) mass is 284 g/mol. The summed E-state index contributed by atoms with van der Waals surface area (Å²) in [6, 6.07) is 4.62. The largest absolute Gasteiger partial charge is 0.496 e. The summed E-state index contributed by atoms with van der Waals surface area (Å²) in [5.74, 6) is 1.61. The molecule has 1 atom stereocenters. The summed E-state index contributed by atoms with van der Waals surface area (Å²) in [4.78, 5) is 7.43. The number of hydrogen-bond acceptors (Lipinski definition) is 2. The fourth-order valence-corrected chi connectivity index (χ4v) is 3.34. The van der Waals surface area contributed by atoms with Gasteiger partial charge in [0.05, 0.1) is 19.1 Å². The van der Waals surface area contributed by atoms with Crippen molar-refractivity contribution in [3.8, 4) is 5.75 Å². The van der Waals surface area contributed by atoms with Crippen LogP contribution in [0.2, 0.25) is 0 Å². The quantitative estimate of drug-likeness (QED) is 0.925. The lowest BCUT2D eigenvalue weighted by Gasteiger charge is -2.24. The van der Waals surface area contributed by atoms with E-state index in [1.165, 1.54) is 23.1 Å². The molecule has 1 aliphatic rings. The van der Waals surface area contributed by atoms with E-state index in [2.05, 4.69) is 42.9 Å². The van der Waals surface area contributed by atoms with Crippen molar-refractivity contribution in [2.45, 2.75) is 51.4 Å². The minimum absolute atomic E-state index is 0.0971. The summed E-state index contributed by atoms with van der Waals surface area (Å²) in [5, 5.41) is 0. The summed E-state index contributed by atoms with van der Waals surface area (Å²) in [6.07, 6.45) is 7.14. The number of fused-ring (bicyclic) bond motifs is 1. The molecule has 1 unspecified atom stereocenters. The summed E-state index contributed by atoms with van der Waals surface area (Å²) < 4.78 is 5.62. The molecule has 0 spiro atoms. The van der Waals surface area contributed by atoms with Gasteiger partial charge in [-0.3, -0.25) is 0 Å². The van der Waals surface area contributed by atoms with Crippen LogP contribution in [0.3, 0.4) is 0 Å². The molecule has 21 heavy (non-hydrogen) atoms. The highest BCUT2D eigenvalue weighted by atomic mass is 16.5. The molecule has 1 N–H and O–H groups in total. The highest BCUT2D eigenvalue weighted by Gasteiger charge is 2.28. The van der Waals surface area contributed by atoms with E-state index in [1.54, 1.807) is 13.4 Å². The van der Waals surface area contributed by atoms with Gasteiger partial charge in [0.1, 0.15) is 5.75 Å². The number of aromatic nitrogens is 2. The van der Waals surface area contributed by atoms with E-state index in [0.29, 0.717) is 5.92 Å². The zero-order valence-corrected chi connectivity index (χ0v) is 13.4. The van der Waals surface area contributed by atoms with Crippen LogP contribution in [0.5, 0.6) is 5.75 Å². The van der Waals surface area contributed by atoms with Crippen molar-refractivity contribution < 1.29 is 4.74 Å². The van der Waals surface area contributed by atoms with E-state index in [1.807, 2.05) is 6.20 Å². The summed E-state index contributed by atoms with van der Waals surface area (Å²) in [5.41, 5.74) is 5.49. The van der Waals surface area contributed by atoms with Crippen molar-refractivity contribution in [3.63, 3.8) is 0 Å². The van der Waals surface area contributed by atoms with E-state index in [-0.39, 0.29) is 5.41 Å². The number of benzene rings is 1. The van der Waals surface area contributed by atoms with Gasteiger partial charge in [0.25, 0.3) is 0 Å². The van der Waals surface area contributed by atoms with E-state index in [4.69, 9.17) is 4.74 Å². The number of aromatic amines is 1. The lowest BCUT2D eigenvalue weighted by molar-refractivity contribution is 0.397. The van der Waals surface area contributed by atoms with Crippen LogP contribution in [-0.2, 0) is 18.3 Å². The van der Waals surface area contributed by atoms with Gasteiger partial charge in [0.15, 0.2) is 0 Å². The molecule has 0 saturated carbocycles. The third kappa shape index (κ3) is 2.69. The first-order valence-corrected chi connectivity index (χ1v) is 7.68. The van der Waals surface area contributed by atoms with Crippen molar-refractivity contribution in [1.82, 2.24) is 9.97 Å². The van der Waals surface area contributed by atoms with Crippen molar-refractivity contribution >= 4 is 0 Å². The molecule has 0 saturated heterocycles. The summed E-state index contributed by atoms with van der Waals surface area (Å²) in [6.45, 7) is 6.73. The number of H-pyrrole nitrogens is 1. The SMILES string of the molecule is COc1cc2c(cc1C(C)(C)C)C(Cc1c[nH]cn1)CC2. The minimum atomic E-state index is 0.0971. The number of imidazole rings is 1. The average molecular weight is 284 g/mol. The number of methoxy groups -OCH3 is 1. The first kappa shape index (κ1) is 14.2. The van der Waals surface area contributed by atoms with Crippen molar-refractivity contribution in [1.29, 1.82) is 0 Å². The van der Waals surface area contributed by atoms with E-state index >= 15 is 0 Å². The van der Waals surface area contributed by atoms with Gasteiger partial charge in [0.2, 0.25) is 0 Å². The number of rotatable bonds is 3. The zero-order chi connectivity index (χ0) is 15.0. The Morgan fingerprint density at radius 3 is 2.76 bits per heavy atom. The molecule has 1 aliphatic carbocycles. The van der Waals surface area contributed by atoms with Gasteiger partial charge in [-0.15, -0.1) is 0 Å². The van der Waals surface area contributed by atoms with Crippen LogP contribution >= 0.6 is 0 Å². The van der Waals surface area contributed by atoms with Crippen molar-refractivity contribution in [2.24, 2.45) is 0 Å². The van der Waals surface area contributed by atoms with Crippen LogP contribution in [0.15, 0.2) is 24.7 Å². The predicted octanol–water partition coefficient (Wildman–Crippen LogP) is 3.99. The van der Waals surface area contributed by atoms with Crippen molar-refractivity contribution in [3.05, 3.63) is 47.0 Å². The Morgan fingerprint density at radius 1 is 1.33 bits per heavy atom. The molecule has 3 heteroatoms. The first-order valence-electron chi connectivity index (χ1n) is 7.68. The lowest BCUT2D eigenvalue weighted by atomic mass is 9.83. The molecule has 2 aromatic rings. The number of ether oxygens (including phenoxy) is 1. The van der Waals surface area contributed by atoms with Crippen LogP contribution in [-0.4, -0.2) is 17.1 Å². The predicted molar refractivity (Wildman–Crippen MR) is 85.0 cm³/mol. The molecular formula is C18H24N2O. The Morgan fingerprint density at radius 2 is 2.14 bits per heavy atom. The number of nitrogens with zero attached hydrogens (tertiary/aromatic N) is 1. The Balaban J connectivity index is 1.98. The van der Waals surface area contributed by atoms with Gasteiger partial charge < -0.3 is 9.72 Å². The Labute approximate surface area is 126 Å². The van der Waals surface area contributed by atoms with E-state index in [0.717, 1.165) is 24.3 Å². The number of hydrogen-bond donors (Lipinski definition) is 1. The Hall–Kier alpha value is -1.77. The lowest BCUT2D eigenvalue weighted by Crippen LogP contribution is -2.14. The zero-order valence-electron chi connectivity index (χ0n) is 13.4. The maximum atomic E-state index is 5.62. The van der Waals surface area contributed by atoms with Crippen LogP contribution in [0, 0.1) is 0 Å². The van der Waals surface area contributed by atoms with Crippen LogP contribution in [0.25, 0.3) is 0 Å². The Kier molecular flexibility index (Phi) is 3.52. The highest BCUT2D eigenvalue weighted by Crippen LogP contribution is 2.42. The molecule has 112 valence electrons. The van der Waals surface area contributed by atoms with Gasteiger partial charge >= 0.3 is 0 Å². The van der Waals surface area contributed by atoms with Crippen molar-refractivity contribution in [2.75, 3.05) is 7.11 Å². The van der Waals surface area contributed by atoms with E-state index < -0.39 is 0 Å². The third-order valence-electron chi connectivity index (χ3n) is 4.48. The second kappa shape index (κ2) is 5.21. The smallest absolute Gasteiger partial charge is 0.122 e. The molecule has 1 heterocycles. The van der Waals surface area contributed by atoms with Gasteiger partial charge in [-0.25, -0.2) is 4.98 Å². The van der Waals surface area contributed by atoms with Gasteiger partial charge in [-0.2, -0.15) is 0 Å². The molecule has 0 bridgehead atoms. The molecule has 0 fully saturated rings. The highest BCUT2D eigenvalue weighted by molar-refractivity contribution is 5.49. The first-order chi connectivity index (χ1) is 9.99. The van der Waals surface area contributed by atoms with Crippen LogP contribution in [0.4, 0.5) is 0 Å². The molecule has 3 nitrogen and oxygen atoms in total. The Bertz CT molecular complexity index is 623. The standard InChI is InChI=1S/C18H24N2O/c1-18(2,3)16-9-15-12(7-14-10-19-11-20-14)5-6-13(15)8-17(16)21-4/h8-12H,5-7H2,1-4H3,(H,19,20). The molecular weight excluding hydrogens is 260 g/mol. The van der Waals surface area contributed by atoms with Crippen LogP contribution < -0.4 is 4.74 Å². The van der Waals surface area contributed by atoms with Gasteiger partial charge in [0, 0.05) is 6.20 Å². The number of aryl methyl sites for hydroxylation is 1. The minimum Gasteiger partial charge on any atom is -0.496 e. The second-order valence-corrected chi connectivity index (χ2v) is 7.00. The fraction of sp³-hybridized carbons (Fsp3) is 0.500. The molecule has 3 rings (SSSR count). The molecule has 1 aromatic carbocycles. The fourth-order valence-electron chi connectivity index (χ4n) is 3.34. The molecule has 0 radical (unpaired) electrons. The maximum Gasteiger partial charge on any atom is 0.122 e. The molecule has 0 aliphatic heterocycles. The summed E-state index contributed by atoms with van der Waals surface area (Å²) in [7, 11) is 1.77. The van der Waals surface area contributed by atoms with Crippen LogP contribution in [0.1, 0.15) is 55.5 Å². The topological polar surface area (TPSA) is 37.9 Å². The summed E-state index contributed by atoms with van der Waals surface area (Å²) >= 11 is 0. The van der Waals surface area contributed by atoms with E-state index in [9.17, 15) is 0 Å². The van der Waals surface area contributed by atoms with Gasteiger partial charge in [-0.1, -0.05) is 26.8 Å².